The molecule has 19 heavy (non-hydrogen) atoms. The molecule has 1 amide bonds. The molecule has 0 bridgehead atoms. The lowest BCUT2D eigenvalue weighted by atomic mass is 10.0. The van der Waals surface area contributed by atoms with Gasteiger partial charge in [-0.15, -0.1) is 0 Å². The van der Waals surface area contributed by atoms with E-state index in [4.69, 9.17) is 5.26 Å². The summed E-state index contributed by atoms with van der Waals surface area (Å²) in [7, 11) is 1.80. The highest BCUT2D eigenvalue weighted by atomic mass is 16.2. The van der Waals surface area contributed by atoms with Crippen LogP contribution in [0.25, 0.3) is 0 Å². The summed E-state index contributed by atoms with van der Waals surface area (Å²) in [6.45, 7) is 0.753. The van der Waals surface area contributed by atoms with Gasteiger partial charge in [0.1, 0.15) is 6.07 Å². The lowest BCUT2D eigenvalue weighted by Crippen LogP contribution is -2.29. The third kappa shape index (κ3) is 3.31. The van der Waals surface area contributed by atoms with Crippen molar-refractivity contribution in [3.05, 3.63) is 29.6 Å². The van der Waals surface area contributed by atoms with Crippen LogP contribution < -0.4 is 0 Å². The molecule has 4 nitrogen and oxygen atoms in total. The van der Waals surface area contributed by atoms with Crippen LogP contribution in [-0.4, -0.2) is 29.4 Å². The topological polar surface area (TPSA) is 57.0 Å². The summed E-state index contributed by atoms with van der Waals surface area (Å²) >= 11 is 0. The van der Waals surface area contributed by atoms with Crippen molar-refractivity contribution in [2.45, 2.75) is 32.1 Å². The number of pyridine rings is 1. The number of nitriles is 1. The fraction of sp³-hybridized carbons (Fsp3) is 0.533. The smallest absolute Gasteiger partial charge is 0.256 e. The quantitative estimate of drug-likeness (QED) is 0.833. The van der Waals surface area contributed by atoms with Gasteiger partial charge < -0.3 is 4.90 Å². The van der Waals surface area contributed by atoms with Crippen LogP contribution in [0.2, 0.25) is 0 Å². The normalized spacial score (nSPS) is 15.2. The molecule has 1 saturated carbocycles. The van der Waals surface area contributed by atoms with Crippen molar-refractivity contribution in [1.29, 1.82) is 5.26 Å². The Bertz CT molecular complexity index is 486. The first-order valence-electron chi connectivity index (χ1n) is 6.82. The molecule has 0 spiro atoms. The molecule has 4 heteroatoms. The Hall–Kier alpha value is -1.89. The number of rotatable bonds is 4. The van der Waals surface area contributed by atoms with Crippen molar-refractivity contribution in [1.82, 2.24) is 9.88 Å². The van der Waals surface area contributed by atoms with E-state index in [2.05, 4.69) is 4.98 Å². The van der Waals surface area contributed by atoms with E-state index in [1.807, 2.05) is 6.07 Å². The summed E-state index contributed by atoms with van der Waals surface area (Å²) in [5, 5.41) is 9.00. The zero-order valence-corrected chi connectivity index (χ0v) is 11.3. The fourth-order valence-corrected chi connectivity index (χ4v) is 2.64. The van der Waals surface area contributed by atoms with Crippen molar-refractivity contribution < 1.29 is 4.79 Å². The number of carbonyl (C=O) groups excluding carboxylic acids is 1. The minimum atomic E-state index is -0.109. The molecule has 0 N–H and O–H groups in total. The Morgan fingerprint density at radius 1 is 1.53 bits per heavy atom. The molecule has 2 rings (SSSR count). The van der Waals surface area contributed by atoms with Gasteiger partial charge in [-0.3, -0.25) is 9.78 Å². The average molecular weight is 257 g/mol. The summed E-state index contributed by atoms with van der Waals surface area (Å²) in [6.07, 6.45) is 9.30. The standard InChI is InChI=1S/C15H19N3O/c1-18(9-7-12-4-2-3-5-12)15(19)14-11-17-8-6-13(14)10-16/h6,8,11-12H,2-5,7,9H2,1H3. The maximum Gasteiger partial charge on any atom is 0.256 e. The maximum absolute atomic E-state index is 12.3. The molecule has 1 fully saturated rings. The van der Waals surface area contributed by atoms with Crippen LogP contribution in [-0.2, 0) is 0 Å². The van der Waals surface area contributed by atoms with Gasteiger partial charge >= 0.3 is 0 Å². The Balaban J connectivity index is 1.96. The molecular weight excluding hydrogens is 238 g/mol. The summed E-state index contributed by atoms with van der Waals surface area (Å²) in [5.41, 5.74) is 0.798. The number of hydrogen-bond acceptors (Lipinski definition) is 3. The van der Waals surface area contributed by atoms with Crippen molar-refractivity contribution in [3.63, 3.8) is 0 Å². The summed E-state index contributed by atoms with van der Waals surface area (Å²) in [4.78, 5) is 17.9. The van der Waals surface area contributed by atoms with E-state index in [9.17, 15) is 4.79 Å². The molecule has 100 valence electrons. The first-order chi connectivity index (χ1) is 9.22. The minimum absolute atomic E-state index is 0.109. The van der Waals surface area contributed by atoms with Crippen LogP contribution in [0.1, 0.15) is 48.0 Å². The third-order valence-corrected chi connectivity index (χ3v) is 3.87. The van der Waals surface area contributed by atoms with Gasteiger partial charge in [0, 0.05) is 26.0 Å². The van der Waals surface area contributed by atoms with Gasteiger partial charge in [0.05, 0.1) is 11.1 Å². The Labute approximate surface area is 114 Å². The van der Waals surface area contributed by atoms with E-state index in [0.29, 0.717) is 11.1 Å². The van der Waals surface area contributed by atoms with Crippen LogP contribution in [0.3, 0.4) is 0 Å². The number of aromatic nitrogens is 1. The van der Waals surface area contributed by atoms with Crippen LogP contribution in [0, 0.1) is 17.2 Å². The van der Waals surface area contributed by atoms with E-state index in [1.165, 1.54) is 38.1 Å². The minimum Gasteiger partial charge on any atom is -0.342 e. The molecule has 1 aliphatic carbocycles. The van der Waals surface area contributed by atoms with Gasteiger partial charge in [-0.2, -0.15) is 5.26 Å². The van der Waals surface area contributed by atoms with Crippen LogP contribution >= 0.6 is 0 Å². The second-order valence-electron chi connectivity index (χ2n) is 5.20. The zero-order chi connectivity index (χ0) is 13.7. The predicted molar refractivity (Wildman–Crippen MR) is 72.5 cm³/mol. The first kappa shape index (κ1) is 13.5. The highest BCUT2D eigenvalue weighted by Gasteiger charge is 2.19. The molecule has 0 aromatic carbocycles. The molecule has 0 atom stereocenters. The van der Waals surface area contributed by atoms with Crippen LogP contribution in [0.15, 0.2) is 18.5 Å². The highest BCUT2D eigenvalue weighted by molar-refractivity contribution is 5.96. The monoisotopic (exact) mass is 257 g/mol. The maximum atomic E-state index is 12.3. The molecule has 1 aromatic rings. The van der Waals surface area contributed by atoms with E-state index < -0.39 is 0 Å². The second kappa shape index (κ2) is 6.33. The second-order valence-corrected chi connectivity index (χ2v) is 5.20. The molecule has 0 aliphatic heterocycles. The highest BCUT2D eigenvalue weighted by Crippen LogP contribution is 2.27. The largest absolute Gasteiger partial charge is 0.342 e. The number of carbonyl (C=O) groups is 1. The third-order valence-electron chi connectivity index (χ3n) is 3.87. The lowest BCUT2D eigenvalue weighted by Gasteiger charge is -2.19. The number of nitrogens with zero attached hydrogens (tertiary/aromatic N) is 3. The van der Waals surface area contributed by atoms with Crippen molar-refractivity contribution in [2.75, 3.05) is 13.6 Å². The molecule has 0 radical (unpaired) electrons. The number of amides is 1. The average Bonchev–Trinajstić information content (AvgIpc) is 2.97. The SMILES string of the molecule is CN(CCC1CCCC1)C(=O)c1cnccc1C#N. The van der Waals surface area contributed by atoms with Gasteiger partial charge in [0.2, 0.25) is 0 Å². The van der Waals surface area contributed by atoms with Gasteiger partial charge in [0.25, 0.3) is 5.91 Å². The molecule has 1 aliphatic rings. The van der Waals surface area contributed by atoms with Crippen molar-refractivity contribution >= 4 is 5.91 Å². The van der Waals surface area contributed by atoms with Crippen LogP contribution in [0.5, 0.6) is 0 Å². The van der Waals surface area contributed by atoms with Crippen LogP contribution in [0.4, 0.5) is 0 Å². The lowest BCUT2D eigenvalue weighted by molar-refractivity contribution is 0.0786. The summed E-state index contributed by atoms with van der Waals surface area (Å²) in [5.74, 6) is 0.655. The van der Waals surface area contributed by atoms with E-state index >= 15 is 0 Å². The Morgan fingerprint density at radius 3 is 2.95 bits per heavy atom. The molecule has 1 aromatic heterocycles. The summed E-state index contributed by atoms with van der Waals surface area (Å²) < 4.78 is 0. The molecular formula is C15H19N3O. The van der Waals surface area contributed by atoms with E-state index in [0.717, 1.165) is 18.9 Å². The Kier molecular flexibility index (Phi) is 4.51. The summed E-state index contributed by atoms with van der Waals surface area (Å²) in [6, 6.07) is 3.62. The van der Waals surface area contributed by atoms with Gasteiger partial charge in [-0.05, 0) is 18.4 Å². The Morgan fingerprint density at radius 2 is 2.26 bits per heavy atom. The van der Waals surface area contributed by atoms with Crippen molar-refractivity contribution in [2.24, 2.45) is 5.92 Å². The molecule has 0 unspecified atom stereocenters. The van der Waals surface area contributed by atoms with Gasteiger partial charge in [-0.1, -0.05) is 25.7 Å². The molecule has 1 heterocycles. The van der Waals surface area contributed by atoms with E-state index in [1.54, 1.807) is 18.0 Å². The predicted octanol–water partition coefficient (Wildman–Crippen LogP) is 2.61. The zero-order valence-electron chi connectivity index (χ0n) is 11.3. The van der Waals surface area contributed by atoms with Gasteiger partial charge in [-0.25, -0.2) is 0 Å². The van der Waals surface area contributed by atoms with Gasteiger partial charge in [0.15, 0.2) is 0 Å². The molecule has 0 saturated heterocycles. The van der Waals surface area contributed by atoms with Crippen molar-refractivity contribution in [3.8, 4) is 6.07 Å². The number of hydrogen-bond donors (Lipinski definition) is 0. The first-order valence-corrected chi connectivity index (χ1v) is 6.82. The van der Waals surface area contributed by atoms with E-state index in [-0.39, 0.29) is 5.91 Å². The fourth-order valence-electron chi connectivity index (χ4n) is 2.64.